The van der Waals surface area contributed by atoms with Gasteiger partial charge in [0.15, 0.2) is 0 Å². The summed E-state index contributed by atoms with van der Waals surface area (Å²) in [5.41, 5.74) is -1.16. The first-order valence-corrected chi connectivity index (χ1v) is 7.54. The summed E-state index contributed by atoms with van der Waals surface area (Å²) in [7, 11) is 1.69. The van der Waals surface area contributed by atoms with E-state index in [0.717, 1.165) is 12.1 Å². The molecular formula is C14H12F3N3O2S. The van der Waals surface area contributed by atoms with Crippen LogP contribution in [0.25, 0.3) is 0 Å². The highest BCUT2D eigenvalue weighted by atomic mass is 32.2. The summed E-state index contributed by atoms with van der Waals surface area (Å²) in [4.78, 5) is 29.8. The fourth-order valence-electron chi connectivity index (χ4n) is 2.40. The number of nitrogens with zero attached hydrogens (tertiary/aromatic N) is 1. The van der Waals surface area contributed by atoms with Crippen molar-refractivity contribution in [3.8, 4) is 0 Å². The van der Waals surface area contributed by atoms with Crippen LogP contribution < -0.4 is 16.0 Å². The average Bonchev–Trinajstić information content (AvgIpc) is 2.48. The molecule has 0 amide bonds. The first-order valence-electron chi connectivity index (χ1n) is 6.66. The third-order valence-electron chi connectivity index (χ3n) is 3.58. The maximum Gasteiger partial charge on any atom is 0.416 e. The molecule has 0 aliphatic carbocycles. The van der Waals surface area contributed by atoms with Crippen molar-refractivity contribution in [2.45, 2.75) is 16.3 Å². The maximum atomic E-state index is 12.8. The van der Waals surface area contributed by atoms with Crippen LogP contribution in [0.1, 0.15) is 16.5 Å². The third-order valence-corrected chi connectivity index (χ3v) is 4.86. The van der Waals surface area contributed by atoms with Gasteiger partial charge in [0.2, 0.25) is 0 Å². The van der Waals surface area contributed by atoms with Crippen molar-refractivity contribution in [3.05, 3.63) is 56.4 Å². The molecule has 1 aliphatic heterocycles. The lowest BCUT2D eigenvalue weighted by Crippen LogP contribution is -2.33. The number of hydrogen-bond donors (Lipinski definition) is 2. The molecule has 2 aromatic rings. The number of thioether (sulfide) groups is 1. The number of aromatic nitrogens is 2. The van der Waals surface area contributed by atoms with Crippen LogP contribution >= 0.6 is 11.8 Å². The van der Waals surface area contributed by atoms with Gasteiger partial charge in [-0.05, 0) is 18.2 Å². The minimum absolute atomic E-state index is 0.200. The van der Waals surface area contributed by atoms with Crippen molar-refractivity contribution in [1.29, 1.82) is 0 Å². The van der Waals surface area contributed by atoms with E-state index in [0.29, 0.717) is 22.8 Å². The van der Waals surface area contributed by atoms with Crippen LogP contribution in [0, 0.1) is 0 Å². The maximum absolute atomic E-state index is 12.8. The third kappa shape index (κ3) is 3.00. The average molecular weight is 343 g/mol. The van der Waals surface area contributed by atoms with Gasteiger partial charge in [0.25, 0.3) is 0 Å². The second kappa shape index (κ2) is 5.48. The molecule has 1 aromatic heterocycles. The number of alkyl halides is 3. The molecule has 9 heteroatoms. The van der Waals surface area contributed by atoms with Gasteiger partial charge in [-0.1, -0.05) is 0 Å². The van der Waals surface area contributed by atoms with E-state index in [1.165, 1.54) is 24.0 Å². The van der Waals surface area contributed by atoms with Gasteiger partial charge in [-0.2, -0.15) is 13.2 Å². The molecule has 3 rings (SSSR count). The first-order chi connectivity index (χ1) is 10.8. The van der Waals surface area contributed by atoms with Gasteiger partial charge in [-0.25, -0.2) is 0 Å². The molecule has 0 saturated carbocycles. The van der Waals surface area contributed by atoms with E-state index in [4.69, 9.17) is 0 Å². The van der Waals surface area contributed by atoms with Gasteiger partial charge in [0.05, 0.1) is 16.5 Å². The number of hydrogen-bond acceptors (Lipinski definition) is 4. The summed E-state index contributed by atoms with van der Waals surface area (Å²) in [6, 6.07) is 3.58. The number of H-pyrrole nitrogens is 2. The van der Waals surface area contributed by atoms with Crippen molar-refractivity contribution in [2.24, 2.45) is 0 Å². The van der Waals surface area contributed by atoms with Crippen molar-refractivity contribution < 1.29 is 13.2 Å². The van der Waals surface area contributed by atoms with E-state index >= 15 is 0 Å². The molecule has 1 aromatic carbocycles. The zero-order valence-corrected chi connectivity index (χ0v) is 12.7. The molecule has 0 saturated heterocycles. The van der Waals surface area contributed by atoms with Crippen molar-refractivity contribution in [3.63, 3.8) is 0 Å². The Morgan fingerprint density at radius 1 is 1.26 bits per heavy atom. The Morgan fingerprint density at radius 3 is 2.65 bits per heavy atom. The topological polar surface area (TPSA) is 69.0 Å². The summed E-state index contributed by atoms with van der Waals surface area (Å²) in [5, 5.41) is -0.200. The van der Waals surface area contributed by atoms with Gasteiger partial charge in [0.1, 0.15) is 0 Å². The largest absolute Gasteiger partial charge is 0.416 e. The van der Waals surface area contributed by atoms with E-state index in [2.05, 4.69) is 9.97 Å². The first kappa shape index (κ1) is 15.7. The number of rotatable bonds is 1. The predicted molar refractivity (Wildman–Crippen MR) is 81.0 cm³/mol. The second-order valence-corrected chi connectivity index (χ2v) is 6.44. The van der Waals surface area contributed by atoms with E-state index < -0.39 is 22.9 Å². The highest BCUT2D eigenvalue weighted by molar-refractivity contribution is 7.99. The monoisotopic (exact) mass is 343 g/mol. The fraction of sp³-hybridized carbons (Fsp3) is 0.286. The molecule has 0 fully saturated rings. The number of fused-ring (bicyclic) bond motifs is 1. The smallest absolute Gasteiger partial charge is 0.372 e. The quantitative estimate of drug-likeness (QED) is 0.780. The number of nitrogens with one attached hydrogen (secondary N) is 2. The highest BCUT2D eigenvalue weighted by Gasteiger charge is 2.33. The Morgan fingerprint density at radius 2 is 2.00 bits per heavy atom. The summed E-state index contributed by atoms with van der Waals surface area (Å²) in [5.74, 6) is 0. The van der Waals surface area contributed by atoms with Gasteiger partial charge in [-0.3, -0.25) is 9.59 Å². The molecule has 2 N–H and O–H groups in total. The van der Waals surface area contributed by atoms with Crippen LogP contribution in [-0.4, -0.2) is 23.6 Å². The molecule has 122 valence electrons. The van der Waals surface area contributed by atoms with E-state index in [1.807, 2.05) is 0 Å². The molecule has 5 nitrogen and oxygen atoms in total. The van der Waals surface area contributed by atoms with Crippen molar-refractivity contribution >= 4 is 17.4 Å². The summed E-state index contributed by atoms with van der Waals surface area (Å²) in [6.45, 7) is 0.404. The summed E-state index contributed by atoms with van der Waals surface area (Å²) in [6.07, 6.45) is -2.97. The molecule has 23 heavy (non-hydrogen) atoms. The van der Waals surface area contributed by atoms with Gasteiger partial charge in [-0.15, -0.1) is 11.8 Å². The molecule has 0 spiro atoms. The number of benzene rings is 1. The molecule has 0 bridgehead atoms. The van der Waals surface area contributed by atoms with Gasteiger partial charge >= 0.3 is 17.3 Å². The Kier molecular flexibility index (Phi) is 3.75. The summed E-state index contributed by atoms with van der Waals surface area (Å²) >= 11 is 1.35. The minimum Gasteiger partial charge on any atom is -0.372 e. The Labute approximate surface area is 132 Å². The number of halogens is 3. The molecule has 2 heterocycles. The number of aromatic amines is 2. The number of likely N-dealkylation sites (N-methyl/N-ethyl adjacent to an activating group) is 1. The SMILES string of the molecule is CN1CC(c2c[nH]c(=O)c(=O)[nH]2)Sc2ccc(C(F)(F)F)cc21. The molecule has 1 unspecified atom stereocenters. The minimum atomic E-state index is -4.39. The number of anilines is 1. The van der Waals surface area contributed by atoms with Crippen molar-refractivity contribution in [2.75, 3.05) is 18.5 Å². The molecule has 0 radical (unpaired) electrons. The van der Waals surface area contributed by atoms with Gasteiger partial charge < -0.3 is 14.9 Å². The van der Waals surface area contributed by atoms with Crippen LogP contribution in [0.15, 0.2) is 38.9 Å². The highest BCUT2D eigenvalue weighted by Crippen LogP contribution is 2.46. The molecule has 1 atom stereocenters. The van der Waals surface area contributed by atoms with Crippen LogP contribution in [0.2, 0.25) is 0 Å². The van der Waals surface area contributed by atoms with E-state index in [-0.39, 0.29) is 5.25 Å². The predicted octanol–water partition coefficient (Wildman–Crippen LogP) is 2.37. The van der Waals surface area contributed by atoms with Crippen LogP contribution in [0.5, 0.6) is 0 Å². The fourth-order valence-corrected chi connectivity index (χ4v) is 3.74. The Balaban J connectivity index is 1.96. The van der Waals surface area contributed by atoms with Gasteiger partial charge in [0, 0.05) is 30.4 Å². The molecule has 1 aliphatic rings. The molecular weight excluding hydrogens is 331 g/mol. The van der Waals surface area contributed by atoms with Crippen molar-refractivity contribution in [1.82, 2.24) is 9.97 Å². The lowest BCUT2D eigenvalue weighted by Gasteiger charge is -2.33. The lowest BCUT2D eigenvalue weighted by molar-refractivity contribution is -0.137. The zero-order valence-electron chi connectivity index (χ0n) is 11.9. The van der Waals surface area contributed by atoms with Crippen LogP contribution in [0.4, 0.5) is 18.9 Å². The van der Waals surface area contributed by atoms with E-state index in [9.17, 15) is 22.8 Å². The Bertz CT molecular complexity index is 859. The standard InChI is InChI=1S/C14H12F3N3O2S/c1-20-6-11(8-5-18-12(21)13(22)19-8)23-10-3-2-7(4-9(10)20)14(15,16)17/h2-5,11H,6H2,1H3,(H,18,21)(H,19,22). The summed E-state index contributed by atoms with van der Waals surface area (Å²) < 4.78 is 38.4. The lowest BCUT2D eigenvalue weighted by atomic mass is 10.1. The second-order valence-electron chi connectivity index (χ2n) is 5.19. The normalized spacial score (nSPS) is 17.9. The van der Waals surface area contributed by atoms with Crippen LogP contribution in [-0.2, 0) is 6.18 Å². The zero-order chi connectivity index (χ0) is 16.8. The van der Waals surface area contributed by atoms with Crippen LogP contribution in [0.3, 0.4) is 0 Å². The Hall–Kier alpha value is -2.16. The van der Waals surface area contributed by atoms with E-state index in [1.54, 1.807) is 11.9 Å².